The molecular formula is C16H21N5O2. The van der Waals surface area contributed by atoms with Crippen LogP contribution in [-0.2, 0) is 4.79 Å². The van der Waals surface area contributed by atoms with Crippen LogP contribution in [0.1, 0.15) is 39.0 Å². The van der Waals surface area contributed by atoms with Gasteiger partial charge in [-0.15, -0.1) is 0 Å². The number of amides is 1. The fraction of sp³-hybridized carbons (Fsp3) is 0.500. The molecule has 0 aromatic carbocycles. The lowest BCUT2D eigenvalue weighted by Crippen LogP contribution is -2.41. The summed E-state index contributed by atoms with van der Waals surface area (Å²) in [7, 11) is 0. The normalized spacial score (nSPS) is 21.1. The second-order valence-electron chi connectivity index (χ2n) is 5.93. The van der Waals surface area contributed by atoms with E-state index in [-0.39, 0.29) is 23.6 Å². The average Bonchev–Trinajstić information content (AvgIpc) is 2.58. The highest BCUT2D eigenvalue weighted by Crippen LogP contribution is 2.23. The van der Waals surface area contributed by atoms with Crippen molar-refractivity contribution in [1.82, 2.24) is 20.5 Å². The number of carbonyl (C=O) groups is 1. The van der Waals surface area contributed by atoms with Crippen molar-refractivity contribution in [3.8, 4) is 0 Å². The van der Waals surface area contributed by atoms with Crippen LogP contribution in [0.25, 0.3) is 10.9 Å². The molecule has 0 aliphatic heterocycles. The van der Waals surface area contributed by atoms with E-state index in [1.807, 2.05) is 6.92 Å². The van der Waals surface area contributed by atoms with Crippen LogP contribution in [0.3, 0.4) is 0 Å². The minimum atomic E-state index is -0.240. The summed E-state index contributed by atoms with van der Waals surface area (Å²) in [4.78, 5) is 27.6. The molecule has 3 N–H and O–H groups in total. The number of H-pyrrole nitrogens is 1. The molecule has 3 rings (SSSR count). The number of carbonyl (C=O) groups excluding carboxylic acids is 1. The summed E-state index contributed by atoms with van der Waals surface area (Å²) in [5.74, 6) is 0.678. The standard InChI is InChI=1S/C16H21N5O2/c1-2-13(22)18-10-5-3-6-11(9-10)19-15-14-12(7-4-8-17-14)16(23)21-20-15/h4,7-8,10-11H,2-3,5-6,9H2,1H3,(H,18,22)(H,19,20)(H,21,23)/t10-,11?/m1/s1. The van der Waals surface area contributed by atoms with Gasteiger partial charge in [0.05, 0.1) is 5.39 Å². The fourth-order valence-electron chi connectivity index (χ4n) is 3.07. The van der Waals surface area contributed by atoms with Crippen molar-refractivity contribution >= 4 is 22.6 Å². The van der Waals surface area contributed by atoms with Gasteiger partial charge in [0, 0.05) is 24.7 Å². The van der Waals surface area contributed by atoms with E-state index in [4.69, 9.17) is 0 Å². The van der Waals surface area contributed by atoms with Crippen molar-refractivity contribution in [2.24, 2.45) is 0 Å². The Bertz CT molecular complexity index is 757. The maximum absolute atomic E-state index is 11.8. The van der Waals surface area contributed by atoms with Crippen molar-refractivity contribution in [1.29, 1.82) is 0 Å². The fourth-order valence-corrected chi connectivity index (χ4v) is 3.07. The predicted molar refractivity (Wildman–Crippen MR) is 88.3 cm³/mol. The average molecular weight is 315 g/mol. The molecule has 2 aromatic heterocycles. The van der Waals surface area contributed by atoms with Crippen molar-refractivity contribution in [2.45, 2.75) is 51.1 Å². The molecule has 1 saturated carbocycles. The highest BCUT2D eigenvalue weighted by atomic mass is 16.1. The van der Waals surface area contributed by atoms with Gasteiger partial charge in [-0.1, -0.05) is 6.92 Å². The molecule has 2 aromatic rings. The topological polar surface area (TPSA) is 99.8 Å². The molecule has 23 heavy (non-hydrogen) atoms. The second kappa shape index (κ2) is 6.76. The van der Waals surface area contributed by atoms with Gasteiger partial charge in [-0.2, -0.15) is 5.10 Å². The first kappa shape index (κ1) is 15.5. The Morgan fingerprint density at radius 3 is 3.04 bits per heavy atom. The Kier molecular flexibility index (Phi) is 4.55. The van der Waals surface area contributed by atoms with E-state index < -0.39 is 0 Å². The Hall–Kier alpha value is -2.44. The molecule has 0 spiro atoms. The maximum Gasteiger partial charge on any atom is 0.273 e. The summed E-state index contributed by atoms with van der Waals surface area (Å²) in [5.41, 5.74) is 0.339. The Morgan fingerprint density at radius 2 is 2.22 bits per heavy atom. The molecular weight excluding hydrogens is 294 g/mol. The number of hydrogen-bond acceptors (Lipinski definition) is 5. The third-order valence-electron chi connectivity index (χ3n) is 4.25. The number of rotatable bonds is 4. The van der Waals surface area contributed by atoms with Gasteiger partial charge in [-0.05, 0) is 37.8 Å². The number of hydrogen-bond donors (Lipinski definition) is 3. The summed E-state index contributed by atoms with van der Waals surface area (Å²) in [6.07, 6.45) is 6.06. The zero-order chi connectivity index (χ0) is 16.2. The number of aromatic amines is 1. The lowest BCUT2D eigenvalue weighted by Gasteiger charge is -2.30. The summed E-state index contributed by atoms with van der Waals surface area (Å²) < 4.78 is 0. The van der Waals surface area contributed by atoms with Crippen LogP contribution >= 0.6 is 0 Å². The van der Waals surface area contributed by atoms with E-state index in [1.165, 1.54) is 0 Å². The second-order valence-corrected chi connectivity index (χ2v) is 5.93. The van der Waals surface area contributed by atoms with Crippen LogP contribution in [0.2, 0.25) is 0 Å². The number of nitrogens with one attached hydrogen (secondary N) is 3. The smallest absolute Gasteiger partial charge is 0.273 e. The summed E-state index contributed by atoms with van der Waals surface area (Å²) in [6.45, 7) is 1.86. The molecule has 7 nitrogen and oxygen atoms in total. The van der Waals surface area contributed by atoms with E-state index in [2.05, 4.69) is 25.8 Å². The van der Waals surface area contributed by atoms with Gasteiger partial charge < -0.3 is 10.6 Å². The lowest BCUT2D eigenvalue weighted by molar-refractivity contribution is -0.121. The third-order valence-corrected chi connectivity index (χ3v) is 4.25. The van der Waals surface area contributed by atoms with Crippen LogP contribution in [0.4, 0.5) is 5.82 Å². The monoisotopic (exact) mass is 315 g/mol. The molecule has 2 atom stereocenters. The molecule has 1 amide bonds. The van der Waals surface area contributed by atoms with Crippen LogP contribution in [0, 0.1) is 0 Å². The van der Waals surface area contributed by atoms with E-state index >= 15 is 0 Å². The number of anilines is 1. The molecule has 0 bridgehead atoms. The Labute approximate surface area is 133 Å². The number of aromatic nitrogens is 3. The quantitative estimate of drug-likeness (QED) is 0.795. The van der Waals surface area contributed by atoms with Gasteiger partial charge in [0.2, 0.25) is 5.91 Å². The minimum Gasteiger partial charge on any atom is -0.364 e. The first-order valence-corrected chi connectivity index (χ1v) is 8.06. The molecule has 1 aliphatic rings. The summed E-state index contributed by atoms with van der Waals surface area (Å²) in [5, 5.41) is 13.6. The molecule has 1 fully saturated rings. The van der Waals surface area contributed by atoms with Crippen LogP contribution in [0.5, 0.6) is 0 Å². The number of pyridine rings is 1. The van der Waals surface area contributed by atoms with Crippen molar-refractivity contribution in [3.05, 3.63) is 28.7 Å². The number of nitrogens with zero attached hydrogens (tertiary/aromatic N) is 2. The molecule has 7 heteroatoms. The molecule has 2 heterocycles. The third kappa shape index (κ3) is 3.49. The largest absolute Gasteiger partial charge is 0.364 e. The Balaban J connectivity index is 1.76. The van der Waals surface area contributed by atoms with E-state index in [9.17, 15) is 9.59 Å². The first-order chi connectivity index (χ1) is 11.2. The van der Waals surface area contributed by atoms with Gasteiger partial charge >= 0.3 is 0 Å². The van der Waals surface area contributed by atoms with Gasteiger partial charge in [0.15, 0.2) is 5.82 Å². The van der Waals surface area contributed by atoms with Gasteiger partial charge in [-0.25, -0.2) is 5.10 Å². The van der Waals surface area contributed by atoms with Gasteiger partial charge in [-0.3, -0.25) is 14.6 Å². The van der Waals surface area contributed by atoms with Crippen molar-refractivity contribution in [3.63, 3.8) is 0 Å². The molecule has 0 saturated heterocycles. The van der Waals surface area contributed by atoms with Crippen LogP contribution in [0.15, 0.2) is 23.1 Å². The molecule has 1 unspecified atom stereocenters. The maximum atomic E-state index is 11.8. The van der Waals surface area contributed by atoms with Crippen molar-refractivity contribution in [2.75, 3.05) is 5.32 Å². The summed E-state index contributed by atoms with van der Waals surface area (Å²) in [6, 6.07) is 3.86. The van der Waals surface area contributed by atoms with Crippen LogP contribution in [-0.4, -0.2) is 33.2 Å². The van der Waals surface area contributed by atoms with Gasteiger partial charge in [0.25, 0.3) is 5.56 Å². The number of fused-ring (bicyclic) bond motifs is 1. The summed E-state index contributed by atoms with van der Waals surface area (Å²) >= 11 is 0. The molecule has 0 radical (unpaired) electrons. The van der Waals surface area contributed by atoms with E-state index in [0.29, 0.717) is 23.1 Å². The van der Waals surface area contributed by atoms with Crippen molar-refractivity contribution < 1.29 is 4.79 Å². The van der Waals surface area contributed by atoms with Crippen LogP contribution < -0.4 is 16.2 Å². The highest BCUT2D eigenvalue weighted by Gasteiger charge is 2.24. The highest BCUT2D eigenvalue weighted by molar-refractivity contribution is 5.86. The SMILES string of the molecule is CCC(=O)N[C@@H]1CCCC(Nc2n[nH]c(=O)c3cccnc23)C1. The first-order valence-electron chi connectivity index (χ1n) is 8.06. The Morgan fingerprint density at radius 1 is 1.39 bits per heavy atom. The lowest BCUT2D eigenvalue weighted by atomic mass is 9.91. The minimum absolute atomic E-state index is 0.0879. The van der Waals surface area contributed by atoms with E-state index in [1.54, 1.807) is 18.3 Å². The van der Waals surface area contributed by atoms with E-state index in [0.717, 1.165) is 25.7 Å². The predicted octanol–water partition coefficient (Wildman–Crippen LogP) is 1.57. The zero-order valence-corrected chi connectivity index (χ0v) is 13.1. The zero-order valence-electron chi connectivity index (χ0n) is 13.1. The molecule has 1 aliphatic carbocycles. The molecule has 122 valence electrons. The van der Waals surface area contributed by atoms with Gasteiger partial charge in [0.1, 0.15) is 5.52 Å².